The summed E-state index contributed by atoms with van der Waals surface area (Å²) >= 11 is 0. The van der Waals surface area contributed by atoms with Gasteiger partial charge in [0.05, 0.1) is 13.2 Å². The van der Waals surface area contributed by atoms with Crippen LogP contribution in [0, 0.1) is 5.41 Å². The molecule has 0 saturated heterocycles. The van der Waals surface area contributed by atoms with Crippen LogP contribution < -0.4 is 5.56 Å². The van der Waals surface area contributed by atoms with E-state index < -0.39 is 11.5 Å². The average Bonchev–Trinajstić information content (AvgIpc) is 2.88. The molecule has 0 saturated carbocycles. The van der Waals surface area contributed by atoms with Crippen LogP contribution in [0.4, 0.5) is 0 Å². The average molecular weight is 517 g/mol. The number of hydrogen-bond donors (Lipinski definition) is 1. The van der Waals surface area contributed by atoms with E-state index in [-0.39, 0.29) is 42.4 Å². The van der Waals surface area contributed by atoms with Gasteiger partial charge in [0.2, 0.25) is 0 Å². The van der Waals surface area contributed by atoms with Crippen LogP contribution in [0.1, 0.15) is 69.5 Å². The Kier molecular flexibility index (Phi) is 7.92. The third kappa shape index (κ3) is 5.60. The molecule has 4 rings (SSSR count). The van der Waals surface area contributed by atoms with E-state index in [0.717, 1.165) is 5.56 Å². The van der Waals surface area contributed by atoms with E-state index in [2.05, 4.69) is 0 Å². The molecule has 198 valence electrons. The van der Waals surface area contributed by atoms with E-state index >= 15 is 0 Å². The van der Waals surface area contributed by atoms with Crippen LogP contribution in [0.2, 0.25) is 0 Å². The summed E-state index contributed by atoms with van der Waals surface area (Å²) in [6.45, 7) is 6.01. The molecule has 1 aromatic heterocycles. The number of amides is 1. The van der Waals surface area contributed by atoms with Crippen molar-refractivity contribution in [3.05, 3.63) is 99.0 Å². The van der Waals surface area contributed by atoms with Crippen molar-refractivity contribution in [3.63, 3.8) is 0 Å². The molecule has 2 aromatic carbocycles. The standard InChI is InChI=1S/C30H32N2O6/c1-4-38-29(37)24-16-23-25(17-30(2,3)18-26(23)34)32(28(24)36)22-12-10-21(11-13-22)27(35)31(14-15-33)19-20-8-6-5-7-9-20/h5-13,16,33H,4,14-15,17-19H2,1-3H3. The highest BCUT2D eigenvalue weighted by Crippen LogP contribution is 2.35. The van der Waals surface area contributed by atoms with Crippen LogP contribution in [-0.4, -0.2) is 52.0 Å². The minimum atomic E-state index is -0.779. The van der Waals surface area contributed by atoms with Gasteiger partial charge in [-0.3, -0.25) is 19.0 Å². The van der Waals surface area contributed by atoms with Crippen molar-refractivity contribution in [1.29, 1.82) is 0 Å². The van der Waals surface area contributed by atoms with E-state index in [1.54, 1.807) is 36.1 Å². The molecule has 0 spiro atoms. The number of aromatic nitrogens is 1. The molecule has 1 aliphatic rings. The monoisotopic (exact) mass is 516 g/mol. The lowest BCUT2D eigenvalue weighted by Gasteiger charge is -2.32. The lowest BCUT2D eigenvalue weighted by Crippen LogP contribution is -2.37. The molecular formula is C30H32N2O6. The van der Waals surface area contributed by atoms with Crippen molar-refractivity contribution in [1.82, 2.24) is 9.47 Å². The van der Waals surface area contributed by atoms with Gasteiger partial charge in [-0.2, -0.15) is 0 Å². The summed E-state index contributed by atoms with van der Waals surface area (Å²) in [4.78, 5) is 54.0. The number of ketones is 1. The van der Waals surface area contributed by atoms with E-state index in [0.29, 0.717) is 41.9 Å². The molecular weight excluding hydrogens is 484 g/mol. The fourth-order valence-corrected chi connectivity index (χ4v) is 4.85. The van der Waals surface area contributed by atoms with Gasteiger partial charge in [-0.15, -0.1) is 0 Å². The number of benzene rings is 2. The van der Waals surface area contributed by atoms with Crippen molar-refractivity contribution in [2.45, 2.75) is 40.2 Å². The molecule has 1 amide bonds. The highest BCUT2D eigenvalue weighted by molar-refractivity contribution is 6.01. The first-order chi connectivity index (χ1) is 18.1. The Hall–Kier alpha value is -4.04. The maximum atomic E-state index is 13.5. The van der Waals surface area contributed by atoms with Crippen LogP contribution in [0.5, 0.6) is 0 Å². The zero-order valence-corrected chi connectivity index (χ0v) is 21.9. The highest BCUT2D eigenvalue weighted by Gasteiger charge is 2.35. The third-order valence-corrected chi connectivity index (χ3v) is 6.63. The summed E-state index contributed by atoms with van der Waals surface area (Å²) in [7, 11) is 0. The maximum Gasteiger partial charge on any atom is 0.343 e. The summed E-state index contributed by atoms with van der Waals surface area (Å²) < 4.78 is 6.47. The summed E-state index contributed by atoms with van der Waals surface area (Å²) in [5, 5.41) is 9.52. The predicted molar refractivity (Wildman–Crippen MR) is 143 cm³/mol. The van der Waals surface area contributed by atoms with Gasteiger partial charge in [0.25, 0.3) is 11.5 Å². The fourth-order valence-electron chi connectivity index (χ4n) is 4.85. The topological polar surface area (TPSA) is 106 Å². The van der Waals surface area contributed by atoms with Gasteiger partial charge < -0.3 is 14.7 Å². The summed E-state index contributed by atoms with van der Waals surface area (Å²) in [5.41, 5.74) is 1.51. The number of esters is 1. The number of ether oxygens (including phenoxy) is 1. The lowest BCUT2D eigenvalue weighted by molar-refractivity contribution is 0.0523. The summed E-state index contributed by atoms with van der Waals surface area (Å²) in [6, 6.07) is 17.3. The summed E-state index contributed by atoms with van der Waals surface area (Å²) in [5.74, 6) is -1.18. The Morgan fingerprint density at radius 3 is 2.34 bits per heavy atom. The number of fused-ring (bicyclic) bond motifs is 1. The Balaban J connectivity index is 1.75. The van der Waals surface area contributed by atoms with E-state index in [4.69, 9.17) is 4.74 Å². The molecule has 1 aliphatic carbocycles. The molecule has 0 radical (unpaired) electrons. The van der Waals surface area contributed by atoms with Crippen molar-refractivity contribution in [2.24, 2.45) is 5.41 Å². The van der Waals surface area contributed by atoms with Gasteiger partial charge >= 0.3 is 5.97 Å². The zero-order valence-electron chi connectivity index (χ0n) is 21.9. The molecule has 8 heteroatoms. The first-order valence-corrected chi connectivity index (χ1v) is 12.7. The second kappa shape index (κ2) is 11.1. The predicted octanol–water partition coefficient (Wildman–Crippen LogP) is 3.80. The number of rotatable bonds is 8. The van der Waals surface area contributed by atoms with E-state index in [1.807, 2.05) is 44.2 Å². The maximum absolute atomic E-state index is 13.5. The minimum absolute atomic E-state index is 0.0977. The number of aliphatic hydroxyl groups is 1. The van der Waals surface area contributed by atoms with E-state index in [1.165, 1.54) is 10.6 Å². The largest absolute Gasteiger partial charge is 0.462 e. The van der Waals surface area contributed by atoms with Crippen LogP contribution in [-0.2, 0) is 17.7 Å². The quantitative estimate of drug-likeness (QED) is 0.457. The molecule has 3 aromatic rings. The highest BCUT2D eigenvalue weighted by atomic mass is 16.5. The van der Waals surface area contributed by atoms with Crippen LogP contribution in [0.3, 0.4) is 0 Å². The fraction of sp³-hybridized carbons (Fsp3) is 0.333. The van der Waals surface area contributed by atoms with Crippen LogP contribution in [0.15, 0.2) is 65.5 Å². The number of carbonyl (C=O) groups is 3. The van der Waals surface area contributed by atoms with Gasteiger partial charge in [-0.1, -0.05) is 44.2 Å². The second-order valence-electron chi connectivity index (χ2n) is 10.2. The van der Waals surface area contributed by atoms with Crippen molar-refractivity contribution in [2.75, 3.05) is 19.8 Å². The zero-order chi connectivity index (χ0) is 27.4. The number of Topliss-reactive ketones (excluding diaryl/α,β-unsaturated/α-hetero) is 1. The number of carbonyl (C=O) groups excluding carboxylic acids is 3. The van der Waals surface area contributed by atoms with Crippen molar-refractivity contribution >= 4 is 17.7 Å². The molecule has 0 fully saturated rings. The Morgan fingerprint density at radius 1 is 1.03 bits per heavy atom. The lowest BCUT2D eigenvalue weighted by atomic mass is 9.75. The van der Waals surface area contributed by atoms with Crippen molar-refractivity contribution in [3.8, 4) is 5.69 Å². The first-order valence-electron chi connectivity index (χ1n) is 12.7. The van der Waals surface area contributed by atoms with E-state index in [9.17, 15) is 24.3 Å². The second-order valence-corrected chi connectivity index (χ2v) is 10.2. The number of hydrogen-bond acceptors (Lipinski definition) is 6. The normalized spacial score (nSPS) is 14.1. The number of aliphatic hydroxyl groups excluding tert-OH is 1. The minimum Gasteiger partial charge on any atom is -0.462 e. The van der Waals surface area contributed by atoms with Crippen molar-refractivity contribution < 1.29 is 24.2 Å². The number of nitrogens with zero attached hydrogens (tertiary/aromatic N) is 2. The number of pyridine rings is 1. The molecule has 0 bridgehead atoms. The molecule has 38 heavy (non-hydrogen) atoms. The Labute approximate surface area is 221 Å². The van der Waals surface area contributed by atoms with Crippen LogP contribution >= 0.6 is 0 Å². The molecule has 0 aliphatic heterocycles. The Bertz CT molecular complexity index is 1410. The van der Waals surface area contributed by atoms with Gasteiger partial charge in [-0.25, -0.2) is 4.79 Å². The van der Waals surface area contributed by atoms with Gasteiger partial charge in [0, 0.05) is 42.0 Å². The van der Waals surface area contributed by atoms with Gasteiger partial charge in [0.15, 0.2) is 5.78 Å². The SMILES string of the molecule is CCOC(=O)c1cc2c(n(-c3ccc(C(=O)N(CCO)Cc4ccccc4)cc3)c1=O)CC(C)(C)CC2=O. The molecule has 0 atom stereocenters. The molecule has 1 heterocycles. The van der Waals surface area contributed by atoms with Gasteiger partial charge in [-0.05, 0) is 54.7 Å². The third-order valence-electron chi connectivity index (χ3n) is 6.63. The Morgan fingerprint density at radius 2 is 1.71 bits per heavy atom. The molecule has 1 N–H and O–H groups in total. The molecule has 0 unspecified atom stereocenters. The van der Waals surface area contributed by atoms with Crippen LogP contribution in [0.25, 0.3) is 5.69 Å². The molecule has 8 nitrogen and oxygen atoms in total. The first kappa shape index (κ1) is 27.0. The van der Waals surface area contributed by atoms with Gasteiger partial charge in [0.1, 0.15) is 5.56 Å². The smallest absolute Gasteiger partial charge is 0.343 e. The summed E-state index contributed by atoms with van der Waals surface area (Å²) in [6.07, 6.45) is 0.768.